The molecule has 0 fully saturated rings. The van der Waals surface area contributed by atoms with Gasteiger partial charge >= 0.3 is 0 Å². The molecule has 1 aromatic heterocycles. The third-order valence-corrected chi connectivity index (χ3v) is 2.46. The summed E-state index contributed by atoms with van der Waals surface area (Å²) < 4.78 is 0.872. The predicted octanol–water partition coefficient (Wildman–Crippen LogP) is 1.14. The average molecular weight is 272 g/mol. The smallest absolute Gasteiger partial charge is 0.272 e. The van der Waals surface area contributed by atoms with E-state index in [9.17, 15) is 4.79 Å². The molecule has 0 aromatic carbocycles. The van der Waals surface area contributed by atoms with Gasteiger partial charge in [0, 0.05) is 30.8 Å². The van der Waals surface area contributed by atoms with E-state index in [1.54, 1.807) is 24.2 Å². The van der Waals surface area contributed by atoms with E-state index in [4.69, 9.17) is 0 Å². The molecule has 0 radical (unpaired) electrons. The molecule has 1 amide bonds. The summed E-state index contributed by atoms with van der Waals surface area (Å²) in [4.78, 5) is 17.5. The first-order chi connectivity index (χ1) is 7.15. The standard InChI is InChI=1S/C10H14BrN3O/c1-12-5-6-14(2)10(15)9-4-3-8(11)7-13-9/h3-4,7,12H,5-6H2,1-2H3. The molecule has 0 saturated carbocycles. The van der Waals surface area contributed by atoms with Crippen molar-refractivity contribution in [2.24, 2.45) is 0 Å². The van der Waals surface area contributed by atoms with Crippen LogP contribution in [0.15, 0.2) is 22.8 Å². The van der Waals surface area contributed by atoms with Crippen molar-refractivity contribution in [3.05, 3.63) is 28.5 Å². The van der Waals surface area contributed by atoms with Crippen LogP contribution in [0, 0.1) is 0 Å². The van der Waals surface area contributed by atoms with Gasteiger partial charge in [0.15, 0.2) is 0 Å². The summed E-state index contributed by atoms with van der Waals surface area (Å²) in [6.07, 6.45) is 1.62. The van der Waals surface area contributed by atoms with E-state index in [1.807, 2.05) is 13.1 Å². The number of hydrogen-bond donors (Lipinski definition) is 1. The van der Waals surface area contributed by atoms with E-state index in [-0.39, 0.29) is 5.91 Å². The molecular formula is C10H14BrN3O. The topological polar surface area (TPSA) is 45.2 Å². The number of carbonyl (C=O) groups is 1. The lowest BCUT2D eigenvalue weighted by molar-refractivity contribution is 0.0791. The predicted molar refractivity (Wildman–Crippen MR) is 62.8 cm³/mol. The third-order valence-electron chi connectivity index (χ3n) is 1.99. The van der Waals surface area contributed by atoms with Crippen molar-refractivity contribution in [3.8, 4) is 0 Å². The van der Waals surface area contributed by atoms with Crippen LogP contribution >= 0.6 is 15.9 Å². The second-order valence-corrected chi connectivity index (χ2v) is 4.11. The van der Waals surface area contributed by atoms with Crippen molar-refractivity contribution in [3.63, 3.8) is 0 Å². The maximum Gasteiger partial charge on any atom is 0.272 e. The first-order valence-corrected chi connectivity index (χ1v) is 5.46. The van der Waals surface area contributed by atoms with Crippen LogP contribution in [0.25, 0.3) is 0 Å². The largest absolute Gasteiger partial charge is 0.339 e. The molecule has 82 valence electrons. The normalized spacial score (nSPS) is 10.1. The van der Waals surface area contributed by atoms with Crippen LogP contribution in [0.1, 0.15) is 10.5 Å². The molecule has 1 heterocycles. The second-order valence-electron chi connectivity index (χ2n) is 3.19. The van der Waals surface area contributed by atoms with Crippen LogP contribution in [-0.2, 0) is 0 Å². The van der Waals surface area contributed by atoms with E-state index in [2.05, 4.69) is 26.2 Å². The lowest BCUT2D eigenvalue weighted by Gasteiger charge is -2.16. The minimum Gasteiger partial charge on any atom is -0.339 e. The second kappa shape index (κ2) is 5.82. The Bertz CT molecular complexity index is 326. The van der Waals surface area contributed by atoms with Gasteiger partial charge in [0.2, 0.25) is 0 Å². The Morgan fingerprint density at radius 2 is 2.33 bits per heavy atom. The number of carbonyl (C=O) groups excluding carboxylic acids is 1. The fraction of sp³-hybridized carbons (Fsp3) is 0.400. The minimum atomic E-state index is -0.0576. The molecule has 0 aliphatic carbocycles. The Morgan fingerprint density at radius 3 is 2.87 bits per heavy atom. The molecule has 4 nitrogen and oxygen atoms in total. The van der Waals surface area contributed by atoms with Crippen molar-refractivity contribution < 1.29 is 4.79 Å². The number of hydrogen-bond acceptors (Lipinski definition) is 3. The molecule has 0 saturated heterocycles. The number of likely N-dealkylation sites (N-methyl/N-ethyl adjacent to an activating group) is 2. The maximum absolute atomic E-state index is 11.8. The zero-order valence-corrected chi connectivity index (χ0v) is 10.4. The van der Waals surface area contributed by atoms with Gasteiger partial charge in [-0.05, 0) is 35.1 Å². The Balaban J connectivity index is 2.63. The third kappa shape index (κ3) is 3.60. The number of nitrogens with one attached hydrogen (secondary N) is 1. The van der Waals surface area contributed by atoms with Gasteiger partial charge in [-0.3, -0.25) is 4.79 Å². The average Bonchev–Trinajstić information content (AvgIpc) is 2.26. The van der Waals surface area contributed by atoms with E-state index in [0.717, 1.165) is 11.0 Å². The number of rotatable bonds is 4. The van der Waals surface area contributed by atoms with E-state index < -0.39 is 0 Å². The van der Waals surface area contributed by atoms with Crippen LogP contribution < -0.4 is 5.32 Å². The van der Waals surface area contributed by atoms with Gasteiger partial charge in [0.1, 0.15) is 5.69 Å². The number of nitrogens with zero attached hydrogens (tertiary/aromatic N) is 2. The first kappa shape index (κ1) is 12.1. The molecule has 0 aliphatic heterocycles. The van der Waals surface area contributed by atoms with Crippen LogP contribution in [0.2, 0.25) is 0 Å². The summed E-state index contributed by atoms with van der Waals surface area (Å²) in [7, 11) is 3.62. The molecule has 0 bridgehead atoms. The highest BCUT2D eigenvalue weighted by Crippen LogP contribution is 2.08. The maximum atomic E-state index is 11.8. The summed E-state index contributed by atoms with van der Waals surface area (Å²) in [5.41, 5.74) is 0.469. The fourth-order valence-electron chi connectivity index (χ4n) is 1.08. The lowest BCUT2D eigenvalue weighted by Crippen LogP contribution is -2.33. The Kier molecular flexibility index (Phi) is 4.71. The monoisotopic (exact) mass is 271 g/mol. The molecule has 5 heteroatoms. The van der Waals surface area contributed by atoms with Crippen molar-refractivity contribution in [2.75, 3.05) is 27.2 Å². The minimum absolute atomic E-state index is 0.0576. The quantitative estimate of drug-likeness (QED) is 0.893. The summed E-state index contributed by atoms with van der Waals surface area (Å²) in [6.45, 7) is 1.45. The van der Waals surface area contributed by atoms with Gasteiger partial charge in [0.05, 0.1) is 0 Å². The fourth-order valence-corrected chi connectivity index (χ4v) is 1.31. The SMILES string of the molecule is CNCCN(C)C(=O)c1ccc(Br)cn1. The zero-order chi connectivity index (χ0) is 11.3. The van der Waals surface area contributed by atoms with Gasteiger partial charge < -0.3 is 10.2 Å². The molecule has 0 atom stereocenters. The van der Waals surface area contributed by atoms with Crippen LogP contribution in [-0.4, -0.2) is 43.0 Å². The lowest BCUT2D eigenvalue weighted by atomic mass is 10.3. The summed E-state index contributed by atoms with van der Waals surface area (Å²) in [5.74, 6) is -0.0576. The van der Waals surface area contributed by atoms with E-state index >= 15 is 0 Å². The van der Waals surface area contributed by atoms with Gasteiger partial charge in [-0.25, -0.2) is 4.98 Å². The Labute approximate surface area is 97.8 Å². The van der Waals surface area contributed by atoms with Crippen molar-refractivity contribution >= 4 is 21.8 Å². The van der Waals surface area contributed by atoms with Crippen LogP contribution in [0.5, 0.6) is 0 Å². The highest BCUT2D eigenvalue weighted by Gasteiger charge is 2.11. The Morgan fingerprint density at radius 1 is 1.60 bits per heavy atom. The molecule has 0 aliphatic rings. The van der Waals surface area contributed by atoms with E-state index in [1.165, 1.54) is 0 Å². The molecule has 1 N–H and O–H groups in total. The van der Waals surface area contributed by atoms with Crippen LogP contribution in [0.3, 0.4) is 0 Å². The Hall–Kier alpha value is -0.940. The van der Waals surface area contributed by atoms with Crippen LogP contribution in [0.4, 0.5) is 0 Å². The van der Waals surface area contributed by atoms with Crippen molar-refractivity contribution in [1.29, 1.82) is 0 Å². The highest BCUT2D eigenvalue weighted by atomic mass is 79.9. The van der Waals surface area contributed by atoms with Crippen molar-refractivity contribution in [2.45, 2.75) is 0 Å². The zero-order valence-electron chi connectivity index (χ0n) is 8.83. The number of aromatic nitrogens is 1. The summed E-state index contributed by atoms with van der Waals surface area (Å²) in [6, 6.07) is 3.52. The first-order valence-electron chi connectivity index (χ1n) is 4.66. The molecule has 1 rings (SSSR count). The van der Waals surface area contributed by atoms with Gasteiger partial charge in [0.25, 0.3) is 5.91 Å². The molecule has 1 aromatic rings. The van der Waals surface area contributed by atoms with Crippen molar-refractivity contribution in [1.82, 2.24) is 15.2 Å². The number of halogens is 1. The number of amides is 1. The van der Waals surface area contributed by atoms with Gasteiger partial charge in [-0.2, -0.15) is 0 Å². The molecule has 15 heavy (non-hydrogen) atoms. The summed E-state index contributed by atoms with van der Waals surface area (Å²) >= 11 is 3.28. The number of pyridine rings is 1. The van der Waals surface area contributed by atoms with E-state index in [0.29, 0.717) is 12.2 Å². The molecular weight excluding hydrogens is 258 g/mol. The summed E-state index contributed by atoms with van der Waals surface area (Å²) in [5, 5.41) is 2.99. The molecule has 0 unspecified atom stereocenters. The van der Waals surface area contributed by atoms with Gasteiger partial charge in [-0.15, -0.1) is 0 Å². The highest BCUT2D eigenvalue weighted by molar-refractivity contribution is 9.10. The molecule has 0 spiro atoms. The van der Waals surface area contributed by atoms with Gasteiger partial charge in [-0.1, -0.05) is 0 Å².